The molecule has 1 heterocycles. The number of nitrogens with zero attached hydrogens (tertiary/aromatic N) is 1. The third-order valence-corrected chi connectivity index (χ3v) is 4.97. The van der Waals surface area contributed by atoms with Gasteiger partial charge in [-0.3, -0.25) is 0 Å². The van der Waals surface area contributed by atoms with Crippen LogP contribution in [-0.2, 0) is 11.2 Å². The molecule has 2 rings (SSSR count). The van der Waals surface area contributed by atoms with Gasteiger partial charge in [-0.25, -0.2) is 0 Å². The number of anilines is 1. The summed E-state index contributed by atoms with van der Waals surface area (Å²) in [5.41, 5.74) is 8.55. The predicted molar refractivity (Wildman–Crippen MR) is 90.2 cm³/mol. The normalized spacial score (nSPS) is 24.1. The summed E-state index contributed by atoms with van der Waals surface area (Å²) in [4.78, 5) is 2.40. The molecule has 0 aromatic heterocycles. The molecule has 0 radical (unpaired) electrons. The maximum atomic E-state index is 6.44. The van der Waals surface area contributed by atoms with E-state index in [4.69, 9.17) is 22.1 Å². The average Bonchev–Trinajstić information content (AvgIpc) is 2.49. The number of halogens is 1. The van der Waals surface area contributed by atoms with Crippen molar-refractivity contribution in [3.63, 3.8) is 0 Å². The number of benzene rings is 1. The van der Waals surface area contributed by atoms with Crippen LogP contribution in [0.1, 0.15) is 32.3 Å². The second-order valence-corrected chi connectivity index (χ2v) is 6.50. The van der Waals surface area contributed by atoms with Gasteiger partial charge in [0.15, 0.2) is 0 Å². The Balaban J connectivity index is 2.24. The summed E-state index contributed by atoms with van der Waals surface area (Å²) in [6.45, 7) is 6.35. The quantitative estimate of drug-likeness (QED) is 0.905. The van der Waals surface area contributed by atoms with E-state index in [0.717, 1.165) is 37.4 Å². The van der Waals surface area contributed by atoms with Crippen LogP contribution < -0.4 is 10.6 Å². The van der Waals surface area contributed by atoms with Gasteiger partial charge in [0.05, 0.1) is 6.10 Å². The standard InChI is InChI=1S/C17H27ClN2O/c1-4-13(19)10-14-15(18)6-5-7-16(14)20-9-8-12(2)17(11-20)21-3/h5-7,12-13,17H,4,8-11,19H2,1-3H3. The molecule has 4 heteroatoms. The van der Waals surface area contributed by atoms with Crippen LogP contribution in [0.15, 0.2) is 18.2 Å². The molecule has 0 spiro atoms. The molecule has 118 valence electrons. The number of piperidine rings is 1. The lowest BCUT2D eigenvalue weighted by molar-refractivity contribution is 0.0498. The molecule has 21 heavy (non-hydrogen) atoms. The predicted octanol–water partition coefficient (Wildman–Crippen LogP) is 3.48. The summed E-state index contributed by atoms with van der Waals surface area (Å²) in [6, 6.07) is 6.30. The van der Waals surface area contributed by atoms with Gasteiger partial charge in [0, 0.05) is 37.0 Å². The summed E-state index contributed by atoms with van der Waals surface area (Å²) < 4.78 is 5.63. The fraction of sp³-hybridized carbons (Fsp3) is 0.647. The van der Waals surface area contributed by atoms with Crippen molar-refractivity contribution in [3.05, 3.63) is 28.8 Å². The van der Waals surface area contributed by atoms with E-state index in [1.807, 2.05) is 12.1 Å². The maximum absolute atomic E-state index is 6.44. The highest BCUT2D eigenvalue weighted by Crippen LogP contribution is 2.32. The molecule has 2 N–H and O–H groups in total. The van der Waals surface area contributed by atoms with Gasteiger partial charge in [0.2, 0.25) is 0 Å². The maximum Gasteiger partial charge on any atom is 0.0772 e. The summed E-state index contributed by atoms with van der Waals surface area (Å²) in [5, 5.41) is 0.823. The fourth-order valence-corrected chi connectivity index (χ4v) is 3.26. The molecular formula is C17H27ClN2O. The van der Waals surface area contributed by atoms with E-state index in [1.54, 1.807) is 7.11 Å². The van der Waals surface area contributed by atoms with E-state index < -0.39 is 0 Å². The minimum absolute atomic E-state index is 0.158. The molecule has 3 nitrogen and oxygen atoms in total. The van der Waals surface area contributed by atoms with Crippen LogP contribution in [0.3, 0.4) is 0 Å². The largest absolute Gasteiger partial charge is 0.379 e. The van der Waals surface area contributed by atoms with Crippen LogP contribution in [0.2, 0.25) is 5.02 Å². The third-order valence-electron chi connectivity index (χ3n) is 4.62. The zero-order valence-electron chi connectivity index (χ0n) is 13.3. The van der Waals surface area contributed by atoms with Crippen LogP contribution >= 0.6 is 11.6 Å². The summed E-state index contributed by atoms with van der Waals surface area (Å²) in [5.74, 6) is 0.604. The zero-order valence-corrected chi connectivity index (χ0v) is 14.1. The van der Waals surface area contributed by atoms with Gasteiger partial charge in [-0.1, -0.05) is 31.5 Å². The van der Waals surface area contributed by atoms with Gasteiger partial charge < -0.3 is 15.4 Å². The van der Waals surface area contributed by atoms with Crippen molar-refractivity contribution in [3.8, 4) is 0 Å². The fourth-order valence-electron chi connectivity index (χ4n) is 3.01. The Kier molecular flexibility index (Phi) is 5.91. The molecule has 1 aromatic rings. The van der Waals surface area contributed by atoms with Crippen LogP contribution in [0.5, 0.6) is 0 Å². The third kappa shape index (κ3) is 3.91. The SMILES string of the molecule is CCC(N)Cc1c(Cl)cccc1N1CCC(C)C(OC)C1. The molecule has 1 aliphatic rings. The Morgan fingerprint density at radius 3 is 2.90 bits per heavy atom. The smallest absolute Gasteiger partial charge is 0.0772 e. The van der Waals surface area contributed by atoms with Crippen LogP contribution in [0.25, 0.3) is 0 Å². The van der Waals surface area contributed by atoms with Gasteiger partial charge >= 0.3 is 0 Å². The summed E-state index contributed by atoms with van der Waals surface area (Å²) in [7, 11) is 1.80. The molecule has 1 aromatic carbocycles. The molecule has 0 bridgehead atoms. The molecular weight excluding hydrogens is 284 g/mol. The lowest BCUT2D eigenvalue weighted by Gasteiger charge is -2.38. The van der Waals surface area contributed by atoms with Crippen molar-refractivity contribution in [2.75, 3.05) is 25.1 Å². The zero-order chi connectivity index (χ0) is 15.4. The molecule has 3 atom stereocenters. The molecule has 0 amide bonds. The Morgan fingerprint density at radius 2 is 2.24 bits per heavy atom. The van der Waals surface area contributed by atoms with E-state index >= 15 is 0 Å². The molecule has 1 saturated heterocycles. The molecule has 1 aliphatic heterocycles. The highest BCUT2D eigenvalue weighted by Gasteiger charge is 2.27. The van der Waals surface area contributed by atoms with Gasteiger partial charge in [-0.2, -0.15) is 0 Å². The Morgan fingerprint density at radius 1 is 1.48 bits per heavy atom. The minimum atomic E-state index is 0.158. The first kappa shape index (κ1) is 16.6. The average molecular weight is 311 g/mol. The van der Waals surface area contributed by atoms with Gasteiger partial charge in [-0.05, 0) is 42.9 Å². The molecule has 1 fully saturated rings. The molecule has 0 aliphatic carbocycles. The second-order valence-electron chi connectivity index (χ2n) is 6.10. The van der Waals surface area contributed by atoms with Gasteiger partial charge in [0.1, 0.15) is 0 Å². The minimum Gasteiger partial charge on any atom is -0.379 e. The lowest BCUT2D eigenvalue weighted by atomic mass is 9.94. The van der Waals surface area contributed by atoms with E-state index in [2.05, 4.69) is 24.8 Å². The van der Waals surface area contributed by atoms with E-state index in [0.29, 0.717) is 5.92 Å². The number of methoxy groups -OCH3 is 1. The second kappa shape index (κ2) is 7.48. The first-order valence-corrected chi connectivity index (χ1v) is 8.25. The number of ether oxygens (including phenoxy) is 1. The summed E-state index contributed by atoms with van der Waals surface area (Å²) in [6.07, 6.45) is 3.22. The highest BCUT2D eigenvalue weighted by atomic mass is 35.5. The highest BCUT2D eigenvalue weighted by molar-refractivity contribution is 6.31. The Hall–Kier alpha value is -0.770. The van der Waals surface area contributed by atoms with Crippen molar-refractivity contribution < 1.29 is 4.74 Å². The lowest BCUT2D eigenvalue weighted by Crippen LogP contribution is -2.44. The van der Waals surface area contributed by atoms with Crippen molar-refractivity contribution in [2.24, 2.45) is 11.7 Å². The van der Waals surface area contributed by atoms with Crippen LogP contribution in [0.4, 0.5) is 5.69 Å². The first-order valence-electron chi connectivity index (χ1n) is 7.87. The van der Waals surface area contributed by atoms with E-state index in [1.165, 1.54) is 11.3 Å². The topological polar surface area (TPSA) is 38.5 Å². The monoisotopic (exact) mass is 310 g/mol. The van der Waals surface area contributed by atoms with Crippen molar-refractivity contribution in [1.29, 1.82) is 0 Å². The Bertz CT molecular complexity index is 466. The van der Waals surface area contributed by atoms with Gasteiger partial charge in [0.25, 0.3) is 0 Å². The van der Waals surface area contributed by atoms with E-state index in [-0.39, 0.29) is 12.1 Å². The number of rotatable bonds is 5. The van der Waals surface area contributed by atoms with Crippen molar-refractivity contribution >= 4 is 17.3 Å². The Labute approximate surface area is 133 Å². The summed E-state index contributed by atoms with van der Waals surface area (Å²) >= 11 is 6.44. The van der Waals surface area contributed by atoms with Gasteiger partial charge in [-0.15, -0.1) is 0 Å². The number of hydrogen-bond donors (Lipinski definition) is 1. The van der Waals surface area contributed by atoms with E-state index in [9.17, 15) is 0 Å². The molecule has 3 unspecified atom stereocenters. The first-order chi connectivity index (χ1) is 10.1. The van der Waals surface area contributed by atoms with Crippen molar-refractivity contribution in [1.82, 2.24) is 0 Å². The number of nitrogens with two attached hydrogens (primary N) is 1. The molecule has 0 saturated carbocycles. The van der Waals surface area contributed by atoms with Crippen molar-refractivity contribution in [2.45, 2.75) is 45.3 Å². The number of hydrogen-bond acceptors (Lipinski definition) is 3. The van der Waals surface area contributed by atoms with Crippen LogP contribution in [-0.4, -0.2) is 32.3 Å². The van der Waals surface area contributed by atoms with Crippen LogP contribution in [0, 0.1) is 5.92 Å².